The monoisotopic (exact) mass is 256 g/mol. The van der Waals surface area contributed by atoms with E-state index in [2.05, 4.69) is 38.8 Å². The summed E-state index contributed by atoms with van der Waals surface area (Å²) >= 11 is 3.45. The highest BCUT2D eigenvalue weighted by Gasteiger charge is 2.02. The topological polar surface area (TPSA) is 16.1 Å². The van der Waals surface area contributed by atoms with Gasteiger partial charge < -0.3 is 0 Å². The van der Waals surface area contributed by atoms with Crippen molar-refractivity contribution in [3.63, 3.8) is 0 Å². The van der Waals surface area contributed by atoms with Crippen LogP contribution < -0.4 is 0 Å². The summed E-state index contributed by atoms with van der Waals surface area (Å²) in [6, 6.07) is 4.12. The molecular formula is C11H17BrN2. The number of hydrogen-bond donors (Lipinski definition) is 0. The molecule has 1 aromatic rings. The van der Waals surface area contributed by atoms with Gasteiger partial charge in [0.05, 0.1) is 0 Å². The zero-order valence-corrected chi connectivity index (χ0v) is 10.2. The lowest BCUT2D eigenvalue weighted by atomic mass is 10.2. The van der Waals surface area contributed by atoms with Crippen molar-refractivity contribution in [3.05, 3.63) is 30.1 Å². The average molecular weight is 257 g/mol. The van der Waals surface area contributed by atoms with Gasteiger partial charge in [0.25, 0.3) is 0 Å². The first-order valence-corrected chi connectivity index (χ1v) is 6.16. The largest absolute Gasteiger partial charge is 0.299 e. The molecule has 1 heterocycles. The zero-order chi connectivity index (χ0) is 10.2. The summed E-state index contributed by atoms with van der Waals surface area (Å²) in [4.78, 5) is 6.55. The van der Waals surface area contributed by atoms with Crippen LogP contribution in [0.2, 0.25) is 0 Å². The first-order chi connectivity index (χ1) is 6.86. The van der Waals surface area contributed by atoms with Gasteiger partial charge >= 0.3 is 0 Å². The standard InChI is InChI=1S/C11H17BrN2/c1-2-14(8-4-6-12)10-11-5-3-7-13-9-11/h3,5,7,9H,2,4,6,8,10H2,1H3. The molecule has 3 heteroatoms. The van der Waals surface area contributed by atoms with Crippen molar-refractivity contribution in [3.8, 4) is 0 Å². The van der Waals surface area contributed by atoms with Crippen molar-refractivity contribution in [2.24, 2.45) is 0 Å². The van der Waals surface area contributed by atoms with Gasteiger partial charge in [0.2, 0.25) is 0 Å². The van der Waals surface area contributed by atoms with Crippen molar-refractivity contribution in [1.82, 2.24) is 9.88 Å². The Hall–Kier alpha value is -0.410. The van der Waals surface area contributed by atoms with Gasteiger partial charge in [-0.15, -0.1) is 0 Å². The maximum atomic E-state index is 4.12. The highest BCUT2D eigenvalue weighted by molar-refractivity contribution is 9.09. The molecule has 0 radical (unpaired) electrons. The van der Waals surface area contributed by atoms with Crippen LogP contribution in [0, 0.1) is 0 Å². The van der Waals surface area contributed by atoms with Crippen LogP contribution >= 0.6 is 15.9 Å². The van der Waals surface area contributed by atoms with E-state index in [0.717, 1.165) is 25.0 Å². The lowest BCUT2D eigenvalue weighted by molar-refractivity contribution is 0.281. The Labute approximate surface area is 94.5 Å². The molecule has 78 valence electrons. The first-order valence-electron chi connectivity index (χ1n) is 5.04. The maximum absolute atomic E-state index is 4.12. The Morgan fingerprint density at radius 2 is 2.36 bits per heavy atom. The minimum absolute atomic E-state index is 1.01. The second-order valence-electron chi connectivity index (χ2n) is 3.27. The molecule has 0 N–H and O–H groups in total. The first kappa shape index (κ1) is 11.7. The van der Waals surface area contributed by atoms with Crippen LogP contribution in [0.25, 0.3) is 0 Å². The summed E-state index contributed by atoms with van der Waals surface area (Å²) in [5.41, 5.74) is 1.30. The molecule has 2 nitrogen and oxygen atoms in total. The minimum atomic E-state index is 1.01. The van der Waals surface area contributed by atoms with E-state index in [-0.39, 0.29) is 0 Å². The van der Waals surface area contributed by atoms with E-state index in [0.29, 0.717) is 0 Å². The molecule has 0 atom stereocenters. The van der Waals surface area contributed by atoms with Crippen LogP contribution in [0.3, 0.4) is 0 Å². The Morgan fingerprint density at radius 1 is 1.50 bits per heavy atom. The Morgan fingerprint density at radius 3 is 2.93 bits per heavy atom. The van der Waals surface area contributed by atoms with Crippen LogP contribution in [0.15, 0.2) is 24.5 Å². The minimum Gasteiger partial charge on any atom is -0.299 e. The molecule has 0 aliphatic carbocycles. The van der Waals surface area contributed by atoms with Gasteiger partial charge in [-0.25, -0.2) is 0 Å². The van der Waals surface area contributed by atoms with Crippen LogP contribution in [0.5, 0.6) is 0 Å². The Bertz CT molecular complexity index is 238. The van der Waals surface area contributed by atoms with E-state index < -0.39 is 0 Å². The van der Waals surface area contributed by atoms with Crippen molar-refractivity contribution in [2.45, 2.75) is 19.9 Å². The highest BCUT2D eigenvalue weighted by Crippen LogP contribution is 2.03. The van der Waals surface area contributed by atoms with E-state index >= 15 is 0 Å². The molecule has 1 rings (SSSR count). The van der Waals surface area contributed by atoms with Gasteiger partial charge in [-0.05, 0) is 31.1 Å². The number of pyridine rings is 1. The van der Waals surface area contributed by atoms with Crippen molar-refractivity contribution in [1.29, 1.82) is 0 Å². The summed E-state index contributed by atoms with van der Waals surface area (Å²) in [5, 5.41) is 1.08. The third kappa shape index (κ3) is 4.20. The molecule has 14 heavy (non-hydrogen) atoms. The summed E-state index contributed by atoms with van der Waals surface area (Å²) < 4.78 is 0. The number of rotatable bonds is 6. The van der Waals surface area contributed by atoms with Crippen molar-refractivity contribution < 1.29 is 0 Å². The molecule has 0 spiro atoms. The van der Waals surface area contributed by atoms with E-state index in [1.165, 1.54) is 12.0 Å². The van der Waals surface area contributed by atoms with Gasteiger partial charge in [0, 0.05) is 24.3 Å². The molecule has 0 fully saturated rings. The molecule has 0 aliphatic rings. The van der Waals surface area contributed by atoms with Crippen molar-refractivity contribution >= 4 is 15.9 Å². The molecule has 0 bridgehead atoms. The number of hydrogen-bond acceptors (Lipinski definition) is 2. The fourth-order valence-electron chi connectivity index (χ4n) is 1.38. The van der Waals surface area contributed by atoms with E-state index in [9.17, 15) is 0 Å². The van der Waals surface area contributed by atoms with Gasteiger partial charge in [0.15, 0.2) is 0 Å². The third-order valence-electron chi connectivity index (χ3n) is 2.18. The van der Waals surface area contributed by atoms with Gasteiger partial charge in [0.1, 0.15) is 0 Å². The number of alkyl halides is 1. The fourth-order valence-corrected chi connectivity index (χ4v) is 1.63. The van der Waals surface area contributed by atoms with Crippen LogP contribution in [-0.2, 0) is 6.54 Å². The second-order valence-corrected chi connectivity index (χ2v) is 4.07. The summed E-state index contributed by atoms with van der Waals surface area (Å²) in [6.07, 6.45) is 4.96. The van der Waals surface area contributed by atoms with Gasteiger partial charge in [-0.3, -0.25) is 9.88 Å². The molecule has 0 amide bonds. The van der Waals surface area contributed by atoms with E-state index in [4.69, 9.17) is 0 Å². The second kappa shape index (κ2) is 6.96. The van der Waals surface area contributed by atoms with Crippen LogP contribution in [0.1, 0.15) is 18.9 Å². The molecule has 0 aromatic carbocycles. The van der Waals surface area contributed by atoms with Crippen molar-refractivity contribution in [2.75, 3.05) is 18.4 Å². The fraction of sp³-hybridized carbons (Fsp3) is 0.545. The van der Waals surface area contributed by atoms with Gasteiger partial charge in [-0.1, -0.05) is 28.9 Å². The highest BCUT2D eigenvalue weighted by atomic mass is 79.9. The quantitative estimate of drug-likeness (QED) is 0.728. The molecule has 0 unspecified atom stereocenters. The number of nitrogens with zero attached hydrogens (tertiary/aromatic N) is 2. The third-order valence-corrected chi connectivity index (χ3v) is 2.74. The molecule has 0 aliphatic heterocycles. The molecule has 0 saturated carbocycles. The lowest BCUT2D eigenvalue weighted by Gasteiger charge is -2.19. The van der Waals surface area contributed by atoms with E-state index in [1.54, 1.807) is 0 Å². The summed E-state index contributed by atoms with van der Waals surface area (Å²) in [5.74, 6) is 0. The van der Waals surface area contributed by atoms with Crippen LogP contribution in [0.4, 0.5) is 0 Å². The average Bonchev–Trinajstić information content (AvgIpc) is 2.25. The maximum Gasteiger partial charge on any atom is 0.0312 e. The van der Waals surface area contributed by atoms with E-state index in [1.807, 2.05) is 18.5 Å². The Balaban J connectivity index is 2.40. The smallest absolute Gasteiger partial charge is 0.0312 e. The SMILES string of the molecule is CCN(CCCBr)Cc1cccnc1. The van der Waals surface area contributed by atoms with Crippen LogP contribution in [-0.4, -0.2) is 28.3 Å². The number of aromatic nitrogens is 1. The zero-order valence-electron chi connectivity index (χ0n) is 8.62. The number of halogens is 1. The summed E-state index contributed by atoms with van der Waals surface area (Å²) in [6.45, 7) is 5.46. The predicted octanol–water partition coefficient (Wildman–Crippen LogP) is 2.69. The molecule has 1 aromatic heterocycles. The normalized spacial score (nSPS) is 10.8. The lowest BCUT2D eigenvalue weighted by Crippen LogP contribution is -2.24. The Kier molecular flexibility index (Phi) is 5.80. The molecule has 0 saturated heterocycles. The summed E-state index contributed by atoms with van der Waals surface area (Å²) in [7, 11) is 0. The predicted molar refractivity (Wildman–Crippen MR) is 63.6 cm³/mol. The molecular weight excluding hydrogens is 240 g/mol. The van der Waals surface area contributed by atoms with Gasteiger partial charge in [-0.2, -0.15) is 0 Å².